The molecule has 4 nitrogen and oxygen atoms in total. The van der Waals surface area contributed by atoms with Crippen LogP contribution in [0.2, 0.25) is 0 Å². The highest BCUT2D eigenvalue weighted by atomic mass is 15.1. The first kappa shape index (κ1) is 13.1. The fraction of sp³-hybridized carbons (Fsp3) is 0.714. The summed E-state index contributed by atoms with van der Waals surface area (Å²) in [6, 6.07) is 0.566. The summed E-state index contributed by atoms with van der Waals surface area (Å²) in [7, 11) is 0. The Kier molecular flexibility index (Phi) is 3.21. The molecule has 2 rings (SSSR count). The summed E-state index contributed by atoms with van der Waals surface area (Å²) in [6.45, 7) is 10.5. The van der Waals surface area contributed by atoms with E-state index in [9.17, 15) is 0 Å². The molecule has 0 bridgehead atoms. The van der Waals surface area contributed by atoms with E-state index in [1.54, 1.807) is 0 Å². The van der Waals surface area contributed by atoms with E-state index in [1.807, 2.05) is 6.92 Å². The molecule has 1 aliphatic carbocycles. The van der Waals surface area contributed by atoms with Crippen LogP contribution in [-0.4, -0.2) is 16.0 Å². The van der Waals surface area contributed by atoms with E-state index in [2.05, 4.69) is 43.0 Å². The maximum atomic E-state index is 5.99. The summed E-state index contributed by atoms with van der Waals surface area (Å²) in [6.07, 6.45) is 2.47. The highest BCUT2D eigenvalue weighted by molar-refractivity contribution is 5.56. The highest BCUT2D eigenvalue weighted by Gasteiger charge is 2.36. The zero-order chi connectivity index (χ0) is 13.5. The summed E-state index contributed by atoms with van der Waals surface area (Å²) >= 11 is 0. The Morgan fingerprint density at radius 1 is 1.33 bits per heavy atom. The molecule has 1 aromatic rings. The number of nitrogen functional groups attached to an aromatic ring is 1. The second kappa shape index (κ2) is 4.41. The number of nitrogens with two attached hydrogens (primary N) is 1. The third-order valence-electron chi connectivity index (χ3n) is 3.62. The Bertz CT molecular complexity index is 448. The Hall–Kier alpha value is -1.32. The maximum Gasteiger partial charge on any atom is 0.138 e. The number of nitrogens with zero attached hydrogens (tertiary/aromatic N) is 2. The van der Waals surface area contributed by atoms with Gasteiger partial charge in [-0.05, 0) is 19.3 Å². The Labute approximate surface area is 109 Å². The summed E-state index contributed by atoms with van der Waals surface area (Å²) in [5.41, 5.74) is 6.88. The Balaban J connectivity index is 2.26. The monoisotopic (exact) mass is 248 g/mol. The molecular formula is C14H24N4. The van der Waals surface area contributed by atoms with Crippen LogP contribution in [0.15, 0.2) is 0 Å². The van der Waals surface area contributed by atoms with Crippen LogP contribution in [0.5, 0.6) is 0 Å². The molecule has 100 valence electrons. The Morgan fingerprint density at radius 3 is 2.50 bits per heavy atom. The predicted octanol–water partition coefficient (Wildman–Crippen LogP) is 2.88. The number of rotatable bonds is 3. The van der Waals surface area contributed by atoms with Crippen molar-refractivity contribution in [1.29, 1.82) is 0 Å². The molecule has 2 atom stereocenters. The van der Waals surface area contributed by atoms with Crippen LogP contribution in [0, 0.1) is 12.8 Å². The molecule has 0 saturated heterocycles. The van der Waals surface area contributed by atoms with Gasteiger partial charge in [0, 0.05) is 17.0 Å². The molecule has 1 heterocycles. The van der Waals surface area contributed by atoms with E-state index < -0.39 is 0 Å². The average Bonchev–Trinajstić information content (AvgIpc) is 3.01. The molecule has 4 heteroatoms. The minimum atomic E-state index is -0.0774. The lowest BCUT2D eigenvalue weighted by Crippen LogP contribution is -2.20. The molecule has 2 unspecified atom stereocenters. The van der Waals surface area contributed by atoms with Crippen molar-refractivity contribution in [2.45, 2.75) is 58.9 Å². The van der Waals surface area contributed by atoms with Crippen LogP contribution in [-0.2, 0) is 5.41 Å². The van der Waals surface area contributed by atoms with Gasteiger partial charge in [0.05, 0.1) is 0 Å². The van der Waals surface area contributed by atoms with Gasteiger partial charge in [-0.1, -0.05) is 34.1 Å². The van der Waals surface area contributed by atoms with Gasteiger partial charge in [0.25, 0.3) is 0 Å². The van der Waals surface area contributed by atoms with E-state index >= 15 is 0 Å². The van der Waals surface area contributed by atoms with Gasteiger partial charge in [0.1, 0.15) is 17.5 Å². The summed E-state index contributed by atoms with van der Waals surface area (Å²) in [5, 5.41) is 3.51. The smallest absolute Gasteiger partial charge is 0.138 e. The molecule has 0 aliphatic heterocycles. The van der Waals surface area contributed by atoms with Crippen molar-refractivity contribution in [1.82, 2.24) is 9.97 Å². The molecule has 0 amide bonds. The zero-order valence-corrected chi connectivity index (χ0v) is 12.0. The predicted molar refractivity (Wildman–Crippen MR) is 75.7 cm³/mol. The topological polar surface area (TPSA) is 63.8 Å². The molecule has 1 aromatic heterocycles. The average molecular weight is 248 g/mol. The van der Waals surface area contributed by atoms with Crippen molar-refractivity contribution < 1.29 is 0 Å². The van der Waals surface area contributed by atoms with Gasteiger partial charge in [-0.15, -0.1) is 0 Å². The van der Waals surface area contributed by atoms with Crippen LogP contribution in [0.4, 0.5) is 11.6 Å². The van der Waals surface area contributed by atoms with Crippen molar-refractivity contribution in [2.24, 2.45) is 5.92 Å². The summed E-state index contributed by atoms with van der Waals surface area (Å²) in [4.78, 5) is 9.05. The molecule has 18 heavy (non-hydrogen) atoms. The second-order valence-electron chi connectivity index (χ2n) is 6.31. The quantitative estimate of drug-likeness (QED) is 0.863. The van der Waals surface area contributed by atoms with Crippen LogP contribution in [0.1, 0.15) is 51.9 Å². The van der Waals surface area contributed by atoms with E-state index in [1.165, 1.54) is 12.8 Å². The van der Waals surface area contributed by atoms with E-state index in [0.29, 0.717) is 11.9 Å². The molecule has 0 spiro atoms. The highest BCUT2D eigenvalue weighted by Crippen LogP contribution is 2.37. The van der Waals surface area contributed by atoms with Gasteiger partial charge in [-0.2, -0.15) is 0 Å². The lowest BCUT2D eigenvalue weighted by atomic mass is 9.95. The first-order chi connectivity index (χ1) is 8.32. The third kappa shape index (κ3) is 2.57. The minimum Gasteiger partial charge on any atom is -0.383 e. The van der Waals surface area contributed by atoms with Crippen LogP contribution in [0.25, 0.3) is 0 Å². The first-order valence-electron chi connectivity index (χ1n) is 6.74. The number of hydrogen-bond acceptors (Lipinski definition) is 4. The number of aromatic nitrogens is 2. The van der Waals surface area contributed by atoms with Gasteiger partial charge < -0.3 is 11.1 Å². The standard InChI is InChI=1S/C14H24N4/c1-6-9-7-10(9)16-12-8(2)11(15)17-13(18-12)14(3,4)5/h9-10H,6-7H2,1-5H3,(H3,15,16,17,18). The van der Waals surface area contributed by atoms with Gasteiger partial charge in [0.15, 0.2) is 0 Å². The normalized spacial score (nSPS) is 22.9. The molecule has 1 fully saturated rings. The second-order valence-corrected chi connectivity index (χ2v) is 6.31. The van der Waals surface area contributed by atoms with Crippen LogP contribution in [0.3, 0.4) is 0 Å². The molecule has 3 N–H and O–H groups in total. The van der Waals surface area contributed by atoms with Crippen molar-refractivity contribution in [3.8, 4) is 0 Å². The molecule has 1 aliphatic rings. The molecule has 0 radical (unpaired) electrons. The van der Waals surface area contributed by atoms with Gasteiger partial charge in [-0.3, -0.25) is 0 Å². The fourth-order valence-corrected chi connectivity index (χ4v) is 2.06. The lowest BCUT2D eigenvalue weighted by Gasteiger charge is -2.19. The number of nitrogens with one attached hydrogen (secondary N) is 1. The zero-order valence-electron chi connectivity index (χ0n) is 12.0. The maximum absolute atomic E-state index is 5.99. The molecular weight excluding hydrogens is 224 g/mol. The van der Waals surface area contributed by atoms with Crippen molar-refractivity contribution >= 4 is 11.6 Å². The van der Waals surface area contributed by atoms with Crippen LogP contribution < -0.4 is 11.1 Å². The largest absolute Gasteiger partial charge is 0.383 e. The number of anilines is 2. The first-order valence-corrected chi connectivity index (χ1v) is 6.74. The molecule has 1 saturated carbocycles. The van der Waals surface area contributed by atoms with Gasteiger partial charge >= 0.3 is 0 Å². The van der Waals surface area contributed by atoms with E-state index in [-0.39, 0.29) is 5.41 Å². The van der Waals surface area contributed by atoms with Gasteiger partial charge in [0.2, 0.25) is 0 Å². The SMILES string of the molecule is CCC1CC1Nc1nc(C(C)(C)C)nc(N)c1C. The van der Waals surface area contributed by atoms with Gasteiger partial charge in [-0.25, -0.2) is 9.97 Å². The Morgan fingerprint density at radius 2 is 2.00 bits per heavy atom. The molecule has 0 aromatic carbocycles. The summed E-state index contributed by atoms with van der Waals surface area (Å²) in [5.74, 6) is 3.10. The van der Waals surface area contributed by atoms with Crippen molar-refractivity contribution in [3.05, 3.63) is 11.4 Å². The van der Waals surface area contributed by atoms with Crippen LogP contribution >= 0.6 is 0 Å². The fourth-order valence-electron chi connectivity index (χ4n) is 2.06. The summed E-state index contributed by atoms with van der Waals surface area (Å²) < 4.78 is 0. The third-order valence-corrected chi connectivity index (χ3v) is 3.62. The number of hydrogen-bond donors (Lipinski definition) is 2. The lowest BCUT2D eigenvalue weighted by molar-refractivity contribution is 0.546. The van der Waals surface area contributed by atoms with Crippen molar-refractivity contribution in [2.75, 3.05) is 11.1 Å². The van der Waals surface area contributed by atoms with E-state index in [0.717, 1.165) is 23.1 Å². The van der Waals surface area contributed by atoms with E-state index in [4.69, 9.17) is 5.73 Å². The minimum absolute atomic E-state index is 0.0774. The van der Waals surface area contributed by atoms with Crippen molar-refractivity contribution in [3.63, 3.8) is 0 Å².